The third kappa shape index (κ3) is 16.6. The van der Waals surface area contributed by atoms with Crippen LogP contribution in [-0.4, -0.2) is 147 Å². The maximum Gasteiger partial charge on any atom is 0.259 e. The highest BCUT2D eigenvalue weighted by Gasteiger charge is 2.27. The molecule has 12 heterocycles. The lowest BCUT2D eigenvalue weighted by Crippen LogP contribution is -2.17. The zero-order valence-electron chi connectivity index (χ0n) is 60.5. The van der Waals surface area contributed by atoms with E-state index in [0.29, 0.717) is 178 Å². The number of nitriles is 1. The summed E-state index contributed by atoms with van der Waals surface area (Å²) in [5, 5.41) is 64.4. The molecule has 0 saturated heterocycles. The second-order valence-corrected chi connectivity index (χ2v) is 24.5. The average molecular weight is 1500 g/mol. The van der Waals surface area contributed by atoms with E-state index in [1.54, 1.807) is 117 Å². The normalized spacial score (nSPS) is 12.4. The highest BCUT2D eigenvalue weighted by molar-refractivity contribution is 5.98. The number of nitrogens with zero attached hydrogens (tertiary/aromatic N) is 15. The Bertz CT molecular complexity index is 5630. The quantitative estimate of drug-likeness (QED) is 0.0318. The molecule has 3 aliphatic rings. The molecule has 3 aromatic carbocycles. The number of halogens is 2. The third-order valence-corrected chi connectivity index (χ3v) is 17.0. The first-order valence-corrected chi connectivity index (χ1v) is 34.9. The summed E-state index contributed by atoms with van der Waals surface area (Å²) in [6.07, 6.45) is 15.2. The monoisotopic (exact) mass is 1500 g/mol. The Morgan fingerprint density at radius 3 is 1.41 bits per heavy atom. The fourth-order valence-electron chi connectivity index (χ4n) is 11.4. The van der Waals surface area contributed by atoms with Crippen molar-refractivity contribution < 1.29 is 46.9 Å². The lowest BCUT2D eigenvalue weighted by atomic mass is 10.1. The molecule has 37 heteroatoms. The van der Waals surface area contributed by atoms with E-state index in [0.717, 1.165) is 47.3 Å². The SMILES string of the molecule is CCC(=O)Nc1cnn2c(NC)cc(Nc3c(F)cccc3F)nc12.CCC(=O)Nc1cnn2c(NC)cc(Nc3ccnc4c3OCCO4)nc12.CCC(=O)Nc1cnn2c(NC)cc(Nc3cncc4ccccc34)nc12.CNc1cc(Nc2cc(C#N)cc3c2OCCO3)nc2c(NC(=O)CC3CC3)cnn12. The molecular formula is C73H75F2N27O8. The van der Waals surface area contributed by atoms with E-state index >= 15 is 0 Å². The molecule has 13 aromatic rings. The summed E-state index contributed by atoms with van der Waals surface area (Å²) in [5.41, 5.74) is 6.23. The van der Waals surface area contributed by atoms with Crippen molar-refractivity contribution in [3.8, 4) is 29.2 Å². The molecule has 0 atom stereocenters. The number of pyridine rings is 2. The summed E-state index contributed by atoms with van der Waals surface area (Å²) in [5.74, 6) is 5.17. The number of amides is 4. The summed E-state index contributed by atoms with van der Waals surface area (Å²) in [6, 6.07) is 25.8. The van der Waals surface area contributed by atoms with E-state index in [2.05, 4.69) is 120 Å². The molecule has 10 aromatic heterocycles. The average Bonchev–Trinajstić information content (AvgIpc) is 1.52. The van der Waals surface area contributed by atoms with Gasteiger partial charge in [0.1, 0.15) is 113 Å². The number of hydrogen-bond acceptors (Lipinski definition) is 27. The fraction of sp³-hybridized carbons (Fsp3) is 0.247. The van der Waals surface area contributed by atoms with Gasteiger partial charge in [-0.15, -0.1) is 0 Å². The van der Waals surface area contributed by atoms with Crippen LogP contribution in [0.1, 0.15) is 64.9 Å². The Morgan fingerprint density at radius 1 is 0.482 bits per heavy atom. The van der Waals surface area contributed by atoms with Crippen LogP contribution in [0.4, 0.5) is 101 Å². The maximum atomic E-state index is 13.8. The van der Waals surface area contributed by atoms with E-state index in [1.807, 2.05) is 49.6 Å². The summed E-state index contributed by atoms with van der Waals surface area (Å²) >= 11 is 0. The molecule has 1 saturated carbocycles. The number of benzene rings is 3. The number of carbonyl (C=O) groups excluding carboxylic acids is 4. The Morgan fingerprint density at radius 2 is 0.927 bits per heavy atom. The van der Waals surface area contributed by atoms with Gasteiger partial charge in [0, 0.05) is 107 Å². The van der Waals surface area contributed by atoms with Crippen LogP contribution in [0.2, 0.25) is 0 Å². The number of rotatable bonds is 21. The number of nitrogens with one attached hydrogen (secondary N) is 12. The first-order valence-electron chi connectivity index (χ1n) is 34.9. The van der Waals surface area contributed by atoms with E-state index in [-0.39, 0.29) is 35.1 Å². The first-order chi connectivity index (χ1) is 53.5. The Balaban J connectivity index is 0.000000129. The largest absolute Gasteiger partial charge is 0.486 e. The fourth-order valence-corrected chi connectivity index (χ4v) is 11.4. The van der Waals surface area contributed by atoms with Crippen LogP contribution < -0.4 is 82.7 Å². The molecule has 4 amide bonds. The summed E-state index contributed by atoms with van der Waals surface area (Å²) in [4.78, 5) is 74.1. The van der Waals surface area contributed by atoms with E-state index < -0.39 is 11.6 Å². The van der Waals surface area contributed by atoms with E-state index in [9.17, 15) is 33.2 Å². The van der Waals surface area contributed by atoms with Crippen LogP contribution in [-0.2, 0) is 19.2 Å². The first kappa shape index (κ1) is 73.8. The number of hydrogen-bond donors (Lipinski definition) is 12. The van der Waals surface area contributed by atoms with Crippen LogP contribution in [0.5, 0.6) is 23.1 Å². The number of aromatic nitrogens is 14. The molecule has 0 bridgehead atoms. The summed E-state index contributed by atoms with van der Waals surface area (Å²) in [6.45, 7) is 7.08. The second kappa shape index (κ2) is 33.3. The van der Waals surface area contributed by atoms with Gasteiger partial charge in [0.05, 0.1) is 59.7 Å². The molecule has 1 fully saturated rings. The lowest BCUT2D eigenvalue weighted by molar-refractivity contribution is -0.117. The predicted octanol–water partition coefficient (Wildman–Crippen LogP) is 11.5. The molecule has 12 N–H and O–H groups in total. The van der Waals surface area contributed by atoms with Gasteiger partial charge in [-0.1, -0.05) is 51.1 Å². The number of carbonyl (C=O) groups is 4. The van der Waals surface area contributed by atoms with Crippen molar-refractivity contribution in [3.05, 3.63) is 146 Å². The number of fused-ring (bicyclic) bond motifs is 7. The molecule has 35 nitrogen and oxygen atoms in total. The van der Waals surface area contributed by atoms with Crippen molar-refractivity contribution in [1.82, 2.24) is 68.4 Å². The zero-order chi connectivity index (χ0) is 77.0. The van der Waals surface area contributed by atoms with Crippen LogP contribution >= 0.6 is 0 Å². The molecular weight excluding hydrogens is 1420 g/mol. The molecule has 1 aliphatic carbocycles. The standard InChI is InChI=1S/C21H21N7O3.C19H19N7O.C17H19N7O3.C16H16F2N6O/c1-23-18-9-17(25-14-6-13(10-22)7-16-20(14)31-5-4-30-16)27-21-15(11-24-28(18)21)26-19(29)8-12-2-3-12;1-3-18(27)24-15-11-22-26-17(20-2)8-16(25-19(15)26)23-14-10-21-9-12-6-4-5-7-13(12)14;1-3-14(25)22-11-9-20-24-13(18-2)8-12(23-16(11)24)21-10-4-5-19-17-15(10)26-6-7-27-17;1-3-14(25)21-11-8-20-24-13(19-2)7-12(23-16(11)24)22-15-9(17)5-4-6-10(15)18/h6-7,9,11-12,23H,2-5,8H2,1H3,(H,25,27)(H,26,29);4-11,20H,3H2,1-2H3,(H,23,25)(H,24,27);4-5,8-9,18H,3,6-7H2,1-2H3,(H,22,25)(H,19,21,23);4-8,19H,3H2,1-2H3,(H,21,25)(H,22,23). The van der Waals surface area contributed by atoms with Gasteiger partial charge in [0.2, 0.25) is 29.4 Å². The van der Waals surface area contributed by atoms with E-state index in [4.69, 9.17) is 18.9 Å². The highest BCUT2D eigenvalue weighted by Crippen LogP contribution is 2.42. The number of ether oxygens (including phenoxy) is 4. The molecule has 0 radical (unpaired) electrons. The van der Waals surface area contributed by atoms with Crippen molar-refractivity contribution in [2.24, 2.45) is 5.92 Å². The molecule has 110 heavy (non-hydrogen) atoms. The van der Waals surface area contributed by atoms with Crippen LogP contribution in [0.3, 0.4) is 0 Å². The molecule has 0 spiro atoms. The highest BCUT2D eigenvalue weighted by atomic mass is 19.1. The van der Waals surface area contributed by atoms with Crippen molar-refractivity contribution in [2.75, 3.05) is 118 Å². The van der Waals surface area contributed by atoms with Crippen molar-refractivity contribution in [2.45, 2.75) is 59.3 Å². The summed E-state index contributed by atoms with van der Waals surface area (Å²) in [7, 11) is 7.05. The van der Waals surface area contributed by atoms with Crippen molar-refractivity contribution in [3.63, 3.8) is 0 Å². The minimum Gasteiger partial charge on any atom is -0.486 e. The van der Waals surface area contributed by atoms with E-state index in [1.165, 1.54) is 16.8 Å². The van der Waals surface area contributed by atoms with Crippen LogP contribution in [0.25, 0.3) is 33.4 Å². The predicted molar refractivity (Wildman–Crippen MR) is 411 cm³/mol. The molecule has 16 rings (SSSR count). The topological polar surface area (TPSA) is 420 Å². The van der Waals surface area contributed by atoms with Crippen molar-refractivity contribution >= 4 is 149 Å². The third-order valence-electron chi connectivity index (χ3n) is 17.0. The van der Waals surface area contributed by atoms with Crippen molar-refractivity contribution in [1.29, 1.82) is 5.26 Å². The van der Waals surface area contributed by atoms with Gasteiger partial charge < -0.3 is 82.7 Å². The summed E-state index contributed by atoms with van der Waals surface area (Å²) < 4.78 is 56.7. The van der Waals surface area contributed by atoms with Gasteiger partial charge in [0.15, 0.2) is 34.1 Å². The maximum absolute atomic E-state index is 13.8. The molecule has 564 valence electrons. The van der Waals surface area contributed by atoms with Gasteiger partial charge in [-0.2, -0.15) is 43.7 Å². The zero-order valence-corrected chi connectivity index (χ0v) is 60.5. The van der Waals surface area contributed by atoms with Crippen LogP contribution in [0, 0.1) is 28.9 Å². The number of anilines is 16. The minimum absolute atomic E-state index is 0.0371. The van der Waals surface area contributed by atoms with Gasteiger partial charge in [0.25, 0.3) is 5.88 Å². The molecule has 2 aliphatic heterocycles. The minimum atomic E-state index is -0.735. The Hall–Kier alpha value is -14.5. The Kier molecular flexibility index (Phi) is 22.4. The van der Waals surface area contributed by atoms with Gasteiger partial charge >= 0.3 is 0 Å². The Labute approximate surface area is 625 Å². The van der Waals surface area contributed by atoms with Gasteiger partial charge in [-0.05, 0) is 43.0 Å². The molecule has 0 unspecified atom stereocenters. The smallest absolute Gasteiger partial charge is 0.259 e. The number of para-hydroxylation sites is 1. The van der Waals surface area contributed by atoms with Gasteiger partial charge in [-0.25, -0.2) is 33.7 Å². The lowest BCUT2D eigenvalue weighted by Gasteiger charge is -2.22. The van der Waals surface area contributed by atoms with Crippen LogP contribution in [0.15, 0.2) is 128 Å². The second-order valence-electron chi connectivity index (χ2n) is 24.5. The van der Waals surface area contributed by atoms with Gasteiger partial charge in [-0.3, -0.25) is 24.2 Å².